The maximum absolute atomic E-state index is 13.1. The van der Waals surface area contributed by atoms with Crippen LogP contribution in [0.4, 0.5) is 4.39 Å². The number of hydrogen-bond acceptors (Lipinski definition) is 4. The molecular weight excluding hydrogens is 279 g/mol. The largest absolute Gasteiger partial charge is 0.480 e. The van der Waals surface area contributed by atoms with Crippen molar-refractivity contribution in [3.05, 3.63) is 51.7 Å². The molecule has 0 spiro atoms. The molecule has 2 rings (SSSR count). The van der Waals surface area contributed by atoms with E-state index in [1.165, 1.54) is 12.3 Å². The third kappa shape index (κ3) is 3.85. The van der Waals surface area contributed by atoms with E-state index < -0.39 is 17.8 Å². The zero-order chi connectivity index (χ0) is 14.5. The highest BCUT2D eigenvalue weighted by Gasteiger charge is 2.18. The van der Waals surface area contributed by atoms with Gasteiger partial charge in [-0.3, -0.25) is 15.1 Å². The summed E-state index contributed by atoms with van der Waals surface area (Å²) < 4.78 is 13.1. The second kappa shape index (κ2) is 6.58. The summed E-state index contributed by atoms with van der Waals surface area (Å²) in [5.74, 6) is -1.41. The Labute approximate surface area is 120 Å². The highest BCUT2D eigenvalue weighted by atomic mass is 32.1. The van der Waals surface area contributed by atoms with E-state index in [1.54, 1.807) is 11.3 Å². The van der Waals surface area contributed by atoms with E-state index in [-0.39, 0.29) is 6.42 Å². The zero-order valence-corrected chi connectivity index (χ0v) is 11.8. The minimum absolute atomic E-state index is 0.199. The topological polar surface area (TPSA) is 62.2 Å². The number of aliphatic carboxylic acids is 1. The zero-order valence-electron chi connectivity index (χ0n) is 11.0. The van der Waals surface area contributed by atoms with Crippen LogP contribution >= 0.6 is 11.3 Å². The molecule has 6 heteroatoms. The summed E-state index contributed by atoms with van der Waals surface area (Å²) in [6.07, 6.45) is 2.78. The van der Waals surface area contributed by atoms with Crippen LogP contribution in [0.15, 0.2) is 29.9 Å². The summed E-state index contributed by atoms with van der Waals surface area (Å²) in [5, 5.41) is 14.2. The van der Waals surface area contributed by atoms with Gasteiger partial charge in [0.25, 0.3) is 0 Å². The Morgan fingerprint density at radius 1 is 1.55 bits per heavy atom. The first-order chi connectivity index (χ1) is 9.56. The standard InChI is InChI=1S/C14H15FN2O2S/c1-9-2-3-20-13(9)8-17-12(14(18)19)5-10-4-11(15)7-16-6-10/h2-4,6-7,12,17H,5,8H2,1H3,(H,18,19). The molecule has 2 heterocycles. The maximum Gasteiger partial charge on any atom is 0.321 e. The summed E-state index contributed by atoms with van der Waals surface area (Å²) >= 11 is 1.58. The average Bonchev–Trinajstić information content (AvgIpc) is 2.80. The molecule has 2 aromatic rings. The molecule has 4 nitrogen and oxygen atoms in total. The summed E-state index contributed by atoms with van der Waals surface area (Å²) in [6.45, 7) is 2.48. The fourth-order valence-electron chi connectivity index (χ4n) is 1.85. The first-order valence-corrected chi connectivity index (χ1v) is 7.03. The Morgan fingerprint density at radius 3 is 2.95 bits per heavy atom. The number of carboxylic acid groups (broad SMARTS) is 1. The molecular formula is C14H15FN2O2S. The third-order valence-corrected chi connectivity index (χ3v) is 4.00. The van der Waals surface area contributed by atoms with Crippen LogP contribution in [0.2, 0.25) is 0 Å². The Hall–Kier alpha value is -1.79. The number of aromatic nitrogens is 1. The SMILES string of the molecule is Cc1ccsc1CNC(Cc1cncc(F)c1)C(=O)O. The lowest BCUT2D eigenvalue weighted by atomic mass is 10.1. The van der Waals surface area contributed by atoms with E-state index in [4.69, 9.17) is 0 Å². The number of rotatable bonds is 6. The Bertz CT molecular complexity index is 600. The number of hydrogen-bond donors (Lipinski definition) is 2. The quantitative estimate of drug-likeness (QED) is 0.858. The Morgan fingerprint density at radius 2 is 2.35 bits per heavy atom. The Balaban J connectivity index is 2.01. The van der Waals surface area contributed by atoms with E-state index in [0.29, 0.717) is 12.1 Å². The molecule has 0 radical (unpaired) electrons. The van der Waals surface area contributed by atoms with Crippen LogP contribution in [-0.2, 0) is 17.8 Å². The minimum atomic E-state index is -0.955. The number of pyridine rings is 1. The lowest BCUT2D eigenvalue weighted by molar-refractivity contribution is -0.139. The van der Waals surface area contributed by atoms with E-state index >= 15 is 0 Å². The van der Waals surface area contributed by atoms with Gasteiger partial charge in [0.2, 0.25) is 0 Å². The van der Waals surface area contributed by atoms with E-state index in [1.807, 2.05) is 18.4 Å². The molecule has 0 saturated carbocycles. The van der Waals surface area contributed by atoms with Gasteiger partial charge in [-0.1, -0.05) is 0 Å². The molecule has 0 aliphatic rings. The predicted octanol–water partition coefficient (Wildman–Crippen LogP) is 2.38. The molecule has 0 fully saturated rings. The van der Waals surface area contributed by atoms with Gasteiger partial charge in [-0.05, 0) is 35.6 Å². The highest BCUT2D eigenvalue weighted by Crippen LogP contribution is 2.15. The van der Waals surface area contributed by atoms with E-state index in [2.05, 4.69) is 10.3 Å². The molecule has 2 N–H and O–H groups in total. The van der Waals surface area contributed by atoms with Gasteiger partial charge in [-0.25, -0.2) is 4.39 Å². The van der Waals surface area contributed by atoms with Gasteiger partial charge in [-0.2, -0.15) is 0 Å². The molecule has 0 bridgehead atoms. The fraction of sp³-hybridized carbons (Fsp3) is 0.286. The summed E-state index contributed by atoms with van der Waals surface area (Å²) in [7, 11) is 0. The average molecular weight is 294 g/mol. The van der Waals surface area contributed by atoms with Crippen molar-refractivity contribution in [1.29, 1.82) is 0 Å². The Kier molecular flexibility index (Phi) is 4.81. The molecule has 0 saturated heterocycles. The smallest absolute Gasteiger partial charge is 0.321 e. The molecule has 0 aliphatic carbocycles. The van der Waals surface area contributed by atoms with Gasteiger partial charge in [-0.15, -0.1) is 11.3 Å². The van der Waals surface area contributed by atoms with Gasteiger partial charge < -0.3 is 5.11 Å². The van der Waals surface area contributed by atoms with Crippen LogP contribution in [0, 0.1) is 12.7 Å². The second-order valence-electron chi connectivity index (χ2n) is 4.51. The van der Waals surface area contributed by atoms with E-state index in [9.17, 15) is 14.3 Å². The number of thiophene rings is 1. The number of nitrogens with zero attached hydrogens (tertiary/aromatic N) is 1. The fourth-order valence-corrected chi connectivity index (χ4v) is 2.71. The number of carbonyl (C=O) groups is 1. The van der Waals surface area contributed by atoms with Crippen molar-refractivity contribution in [3.63, 3.8) is 0 Å². The lowest BCUT2D eigenvalue weighted by Gasteiger charge is -2.14. The van der Waals surface area contributed by atoms with Crippen molar-refractivity contribution >= 4 is 17.3 Å². The first kappa shape index (κ1) is 14.6. The summed E-state index contributed by atoms with van der Waals surface area (Å²) in [5.41, 5.74) is 1.70. The minimum Gasteiger partial charge on any atom is -0.480 e. The van der Waals surface area contributed by atoms with Crippen molar-refractivity contribution < 1.29 is 14.3 Å². The van der Waals surface area contributed by atoms with Crippen molar-refractivity contribution in [2.24, 2.45) is 0 Å². The van der Waals surface area contributed by atoms with Crippen molar-refractivity contribution in [1.82, 2.24) is 10.3 Å². The lowest BCUT2D eigenvalue weighted by Crippen LogP contribution is -2.38. The summed E-state index contributed by atoms with van der Waals surface area (Å²) in [4.78, 5) is 16.1. The number of carboxylic acids is 1. The first-order valence-electron chi connectivity index (χ1n) is 6.15. The number of aryl methyl sites for hydroxylation is 1. The highest BCUT2D eigenvalue weighted by molar-refractivity contribution is 7.10. The third-order valence-electron chi connectivity index (χ3n) is 2.98. The molecule has 0 aromatic carbocycles. The van der Waals surface area contributed by atoms with Crippen molar-refractivity contribution in [2.75, 3.05) is 0 Å². The molecule has 106 valence electrons. The van der Waals surface area contributed by atoms with Crippen LogP contribution in [0.3, 0.4) is 0 Å². The molecule has 1 atom stereocenters. The summed E-state index contributed by atoms with van der Waals surface area (Å²) in [6, 6.07) is 2.54. The van der Waals surface area contributed by atoms with Gasteiger partial charge in [0, 0.05) is 24.0 Å². The normalized spacial score (nSPS) is 12.3. The maximum atomic E-state index is 13.1. The molecule has 2 aromatic heterocycles. The molecule has 0 amide bonds. The van der Waals surface area contributed by atoms with Gasteiger partial charge >= 0.3 is 5.97 Å². The second-order valence-corrected chi connectivity index (χ2v) is 5.51. The van der Waals surface area contributed by atoms with E-state index in [0.717, 1.165) is 16.6 Å². The molecule has 1 unspecified atom stereocenters. The molecule has 20 heavy (non-hydrogen) atoms. The van der Waals surface area contributed by atoms with Crippen molar-refractivity contribution in [2.45, 2.75) is 25.9 Å². The van der Waals surface area contributed by atoms with Gasteiger partial charge in [0.1, 0.15) is 11.9 Å². The van der Waals surface area contributed by atoms with Crippen LogP contribution < -0.4 is 5.32 Å². The molecule has 0 aliphatic heterocycles. The van der Waals surface area contributed by atoms with Crippen LogP contribution in [0.5, 0.6) is 0 Å². The van der Waals surface area contributed by atoms with Gasteiger partial charge in [0.15, 0.2) is 0 Å². The number of halogens is 1. The monoisotopic (exact) mass is 294 g/mol. The number of nitrogens with one attached hydrogen (secondary N) is 1. The predicted molar refractivity (Wildman–Crippen MR) is 75.2 cm³/mol. The van der Waals surface area contributed by atoms with Crippen LogP contribution in [-0.4, -0.2) is 22.1 Å². The van der Waals surface area contributed by atoms with Gasteiger partial charge in [0.05, 0.1) is 6.20 Å². The van der Waals surface area contributed by atoms with Crippen molar-refractivity contribution in [3.8, 4) is 0 Å². The van der Waals surface area contributed by atoms with Crippen LogP contribution in [0.25, 0.3) is 0 Å². The van der Waals surface area contributed by atoms with Crippen LogP contribution in [0.1, 0.15) is 16.0 Å².